The van der Waals surface area contributed by atoms with Crippen LogP contribution in [0.25, 0.3) is 0 Å². The lowest BCUT2D eigenvalue weighted by molar-refractivity contribution is -0.141. The second-order valence-electron chi connectivity index (χ2n) is 10.2. The molecule has 0 spiro atoms. The highest BCUT2D eigenvalue weighted by Gasteiger charge is 2.42. The van der Waals surface area contributed by atoms with Crippen LogP contribution < -0.4 is 0 Å². The van der Waals surface area contributed by atoms with Crippen LogP contribution in [-0.4, -0.2) is 65.0 Å². The summed E-state index contributed by atoms with van der Waals surface area (Å²) in [5.41, 5.74) is 6.15. The predicted molar refractivity (Wildman–Crippen MR) is 151 cm³/mol. The zero-order valence-electron chi connectivity index (χ0n) is 22.4. The number of thioether (sulfide) groups is 1. The van der Waals surface area contributed by atoms with Crippen molar-refractivity contribution in [1.29, 1.82) is 0 Å². The monoisotopic (exact) mass is 530 g/mol. The van der Waals surface area contributed by atoms with Gasteiger partial charge in [-0.3, -0.25) is 4.79 Å². The summed E-state index contributed by atoms with van der Waals surface area (Å²) >= 11 is 1.51. The van der Waals surface area contributed by atoms with Gasteiger partial charge in [0, 0.05) is 31.9 Å². The Morgan fingerprint density at radius 1 is 1.03 bits per heavy atom. The summed E-state index contributed by atoms with van der Waals surface area (Å²) in [5.74, 6) is -0.285. The van der Waals surface area contributed by atoms with Crippen LogP contribution in [-0.2, 0) is 20.9 Å². The fraction of sp³-hybridized carbons (Fsp3) is 0.367. The summed E-state index contributed by atoms with van der Waals surface area (Å²) in [7, 11) is 2.08. The van der Waals surface area contributed by atoms with Crippen molar-refractivity contribution in [1.82, 2.24) is 14.7 Å². The first-order valence-electron chi connectivity index (χ1n) is 13.0. The maximum absolute atomic E-state index is 13.7. The average molecular weight is 531 g/mol. The molecule has 0 bridgehead atoms. The van der Waals surface area contributed by atoms with Crippen molar-refractivity contribution in [3.63, 3.8) is 0 Å². The molecule has 3 aliphatic heterocycles. The van der Waals surface area contributed by atoms with Crippen LogP contribution >= 0.6 is 11.8 Å². The van der Waals surface area contributed by atoms with Crippen molar-refractivity contribution >= 4 is 28.8 Å². The standard InChI is InChI=1S/C30H34N4O3S/c1-20-10-11-21(2)25(16-20)28-27(29(36)37-18-23-8-6-5-7-9-23)22(3)31-30-34(28)24(19-38-30)17-26(35)33-14-12-32(4)13-15-33/h5-11,16,19,28H,12-15,17-18H2,1-4H3/t28-/m1/s1. The second kappa shape index (κ2) is 11.2. The van der Waals surface area contributed by atoms with Gasteiger partial charge in [0.1, 0.15) is 6.61 Å². The normalized spacial score (nSPS) is 19.7. The number of carbonyl (C=O) groups excluding carboxylic acids is 2. The third kappa shape index (κ3) is 5.42. The van der Waals surface area contributed by atoms with Gasteiger partial charge in [0.2, 0.25) is 5.91 Å². The van der Waals surface area contributed by atoms with Crippen LogP contribution in [0.15, 0.2) is 75.9 Å². The molecule has 5 rings (SSSR count). The number of rotatable bonds is 6. The number of amides is 1. The summed E-state index contributed by atoms with van der Waals surface area (Å²) < 4.78 is 5.83. The smallest absolute Gasteiger partial charge is 0.338 e. The zero-order chi connectivity index (χ0) is 26.8. The van der Waals surface area contributed by atoms with Gasteiger partial charge in [-0.05, 0) is 49.9 Å². The number of amidine groups is 1. The molecule has 0 aromatic heterocycles. The van der Waals surface area contributed by atoms with E-state index in [0.29, 0.717) is 11.3 Å². The van der Waals surface area contributed by atoms with E-state index in [1.54, 1.807) is 0 Å². The van der Waals surface area contributed by atoms with E-state index in [9.17, 15) is 9.59 Å². The minimum atomic E-state index is -0.424. The van der Waals surface area contributed by atoms with Crippen LogP contribution in [0, 0.1) is 13.8 Å². The Labute approximate surface area is 228 Å². The highest BCUT2D eigenvalue weighted by molar-refractivity contribution is 8.16. The fourth-order valence-corrected chi connectivity index (χ4v) is 6.07. The molecule has 198 valence electrons. The quantitative estimate of drug-likeness (QED) is 0.501. The number of aryl methyl sites for hydroxylation is 2. The van der Waals surface area contributed by atoms with E-state index in [-0.39, 0.29) is 24.9 Å². The average Bonchev–Trinajstić information content (AvgIpc) is 3.30. The van der Waals surface area contributed by atoms with Crippen molar-refractivity contribution in [2.24, 2.45) is 4.99 Å². The fourth-order valence-electron chi connectivity index (χ4n) is 5.10. The van der Waals surface area contributed by atoms with Crippen molar-refractivity contribution in [2.45, 2.75) is 39.8 Å². The lowest BCUT2D eigenvalue weighted by Gasteiger charge is -2.38. The molecule has 8 heteroatoms. The Hall–Kier alpha value is -3.36. The first-order valence-corrected chi connectivity index (χ1v) is 13.9. The van der Waals surface area contributed by atoms with Gasteiger partial charge in [-0.2, -0.15) is 0 Å². The summed E-state index contributed by atoms with van der Waals surface area (Å²) in [6.07, 6.45) is 0.266. The second-order valence-corrected chi connectivity index (χ2v) is 11.0. The Bertz CT molecular complexity index is 1330. The van der Waals surface area contributed by atoms with Gasteiger partial charge in [0.15, 0.2) is 5.17 Å². The number of nitrogens with zero attached hydrogens (tertiary/aromatic N) is 4. The molecule has 7 nitrogen and oxygen atoms in total. The van der Waals surface area contributed by atoms with Crippen LogP contribution in [0.4, 0.5) is 0 Å². The molecule has 1 atom stereocenters. The van der Waals surface area contributed by atoms with E-state index in [1.165, 1.54) is 11.8 Å². The minimum Gasteiger partial charge on any atom is -0.457 e. The Kier molecular flexibility index (Phi) is 7.72. The van der Waals surface area contributed by atoms with Crippen molar-refractivity contribution in [2.75, 3.05) is 33.2 Å². The number of benzene rings is 2. The lowest BCUT2D eigenvalue weighted by Crippen LogP contribution is -2.47. The number of esters is 1. The van der Waals surface area contributed by atoms with Gasteiger partial charge in [-0.1, -0.05) is 65.9 Å². The number of aliphatic imine (C=N–C) groups is 1. The third-order valence-corrected chi connectivity index (χ3v) is 8.24. The number of hydrogen-bond acceptors (Lipinski definition) is 7. The van der Waals surface area contributed by atoms with Gasteiger partial charge in [0.25, 0.3) is 0 Å². The van der Waals surface area contributed by atoms with Gasteiger partial charge in [-0.25, -0.2) is 9.79 Å². The number of ether oxygens (including phenoxy) is 1. The summed E-state index contributed by atoms with van der Waals surface area (Å²) in [6, 6.07) is 15.5. The molecule has 0 saturated carbocycles. The van der Waals surface area contributed by atoms with E-state index >= 15 is 0 Å². The molecule has 38 heavy (non-hydrogen) atoms. The maximum atomic E-state index is 13.7. The van der Waals surface area contributed by atoms with Gasteiger partial charge in [-0.15, -0.1) is 0 Å². The minimum absolute atomic E-state index is 0.102. The van der Waals surface area contributed by atoms with E-state index in [2.05, 4.69) is 48.9 Å². The van der Waals surface area contributed by atoms with Crippen molar-refractivity contribution in [3.05, 3.63) is 93.2 Å². The van der Waals surface area contributed by atoms with E-state index in [0.717, 1.165) is 59.3 Å². The first kappa shape index (κ1) is 26.3. The SMILES string of the molecule is CC1=C(C(=O)OCc2ccccc2)[C@@H](c2cc(C)ccc2C)N2C(CC(=O)N3CCN(C)CC3)=CSC2=N1. The number of carbonyl (C=O) groups is 2. The van der Waals surface area contributed by atoms with Crippen molar-refractivity contribution < 1.29 is 14.3 Å². The highest BCUT2D eigenvalue weighted by Crippen LogP contribution is 2.46. The third-order valence-electron chi connectivity index (χ3n) is 7.35. The van der Waals surface area contributed by atoms with Gasteiger partial charge in [0.05, 0.1) is 23.7 Å². The van der Waals surface area contributed by atoms with Crippen LogP contribution in [0.2, 0.25) is 0 Å². The topological polar surface area (TPSA) is 65.5 Å². The number of fused-ring (bicyclic) bond motifs is 1. The Balaban J connectivity index is 1.47. The first-order chi connectivity index (χ1) is 18.3. The highest BCUT2D eigenvalue weighted by atomic mass is 32.2. The van der Waals surface area contributed by atoms with E-state index in [1.807, 2.05) is 47.6 Å². The summed E-state index contributed by atoms with van der Waals surface area (Å²) in [5, 5.41) is 2.80. The number of hydrogen-bond donors (Lipinski definition) is 0. The maximum Gasteiger partial charge on any atom is 0.338 e. The Morgan fingerprint density at radius 3 is 2.50 bits per heavy atom. The van der Waals surface area contributed by atoms with E-state index < -0.39 is 6.04 Å². The molecule has 0 aliphatic carbocycles. The predicted octanol–water partition coefficient (Wildman–Crippen LogP) is 4.79. The van der Waals surface area contributed by atoms with Crippen LogP contribution in [0.5, 0.6) is 0 Å². The molecule has 3 aliphatic rings. The largest absolute Gasteiger partial charge is 0.457 e. The summed E-state index contributed by atoms with van der Waals surface area (Å²) in [4.78, 5) is 38.1. The Morgan fingerprint density at radius 2 is 1.76 bits per heavy atom. The van der Waals surface area contributed by atoms with Crippen LogP contribution in [0.3, 0.4) is 0 Å². The van der Waals surface area contributed by atoms with Crippen molar-refractivity contribution in [3.8, 4) is 0 Å². The lowest BCUT2D eigenvalue weighted by atomic mass is 9.90. The summed E-state index contributed by atoms with van der Waals surface area (Å²) in [6.45, 7) is 9.38. The molecule has 2 aromatic rings. The van der Waals surface area contributed by atoms with Crippen LogP contribution in [0.1, 0.15) is 41.6 Å². The van der Waals surface area contributed by atoms with Gasteiger partial charge >= 0.3 is 5.97 Å². The molecule has 0 N–H and O–H groups in total. The molecule has 1 saturated heterocycles. The molecular weight excluding hydrogens is 496 g/mol. The number of allylic oxidation sites excluding steroid dienone is 1. The molecule has 2 aromatic carbocycles. The van der Waals surface area contributed by atoms with E-state index in [4.69, 9.17) is 9.73 Å². The number of likely N-dealkylation sites (N-methyl/N-ethyl adjacent to an activating group) is 1. The molecular formula is C30H34N4O3S. The molecule has 1 amide bonds. The molecule has 0 radical (unpaired) electrons. The molecule has 0 unspecified atom stereocenters. The molecule has 3 heterocycles. The molecule has 1 fully saturated rings. The van der Waals surface area contributed by atoms with Gasteiger partial charge < -0.3 is 19.4 Å². The number of piperazine rings is 1. The zero-order valence-corrected chi connectivity index (χ0v) is 23.3.